The minimum atomic E-state index is 0.421. The number of Topliss-reactive ketones (excluding diaryl/α,β-unsaturated/α-hetero) is 1. The molecule has 3 rings (SSSR count). The van der Waals surface area contributed by atoms with Gasteiger partial charge in [0.25, 0.3) is 0 Å². The van der Waals surface area contributed by atoms with Crippen LogP contribution in [0, 0.1) is 0 Å². The highest BCUT2D eigenvalue weighted by Gasteiger charge is 2.37. The molecule has 0 aliphatic carbocycles. The largest absolute Gasteiger partial charge is 0.363 e. The fourth-order valence-electron chi connectivity index (χ4n) is 3.10. The lowest BCUT2D eigenvalue weighted by molar-refractivity contribution is -0.121. The Kier molecular flexibility index (Phi) is 2.39. The van der Waals surface area contributed by atoms with Gasteiger partial charge in [-0.15, -0.1) is 0 Å². The first kappa shape index (κ1) is 9.82. The van der Waals surface area contributed by atoms with E-state index in [0.717, 1.165) is 25.7 Å². The highest BCUT2D eigenvalue weighted by atomic mass is 16.1. The second kappa shape index (κ2) is 3.89. The summed E-state index contributed by atoms with van der Waals surface area (Å²) in [5, 5.41) is 0. The molecule has 16 heavy (non-hydrogen) atoms. The van der Waals surface area contributed by atoms with Crippen molar-refractivity contribution in [1.82, 2.24) is 4.98 Å². The Hall–Kier alpha value is -1.38. The molecule has 1 aromatic rings. The monoisotopic (exact) mass is 216 g/mol. The van der Waals surface area contributed by atoms with Gasteiger partial charge >= 0.3 is 0 Å². The first-order valence-electron chi connectivity index (χ1n) is 6.04. The summed E-state index contributed by atoms with van der Waals surface area (Å²) in [5.74, 6) is 0.440. The minimum absolute atomic E-state index is 0.421. The van der Waals surface area contributed by atoms with Crippen LogP contribution in [-0.2, 0) is 4.79 Å². The average molecular weight is 216 g/mol. The summed E-state index contributed by atoms with van der Waals surface area (Å²) in [6, 6.07) is 4.92. The first-order valence-corrected chi connectivity index (χ1v) is 6.04. The number of fused-ring (bicyclic) bond motifs is 2. The van der Waals surface area contributed by atoms with E-state index in [1.165, 1.54) is 12.1 Å². The Bertz CT molecular complexity index is 374. The summed E-state index contributed by atoms with van der Waals surface area (Å²) in [6.45, 7) is 0. The van der Waals surface area contributed by atoms with E-state index >= 15 is 0 Å². The number of rotatable bonds is 1. The van der Waals surface area contributed by atoms with Crippen molar-refractivity contribution in [1.29, 1.82) is 0 Å². The quantitative estimate of drug-likeness (QED) is 0.721. The highest BCUT2D eigenvalue weighted by Crippen LogP contribution is 2.35. The molecule has 0 saturated carbocycles. The van der Waals surface area contributed by atoms with Gasteiger partial charge in [-0.3, -0.25) is 9.78 Å². The Morgan fingerprint density at radius 1 is 1.25 bits per heavy atom. The summed E-state index contributed by atoms with van der Waals surface area (Å²) >= 11 is 0. The maximum atomic E-state index is 11.6. The Morgan fingerprint density at radius 3 is 2.62 bits per heavy atom. The van der Waals surface area contributed by atoms with Crippen LogP contribution in [0.3, 0.4) is 0 Å². The maximum absolute atomic E-state index is 11.6. The van der Waals surface area contributed by atoms with Gasteiger partial charge in [0.1, 0.15) is 5.78 Å². The van der Waals surface area contributed by atoms with Gasteiger partial charge in [0, 0.05) is 31.1 Å². The standard InChI is InChI=1S/C13H16N2O/c16-13-7-10-3-1-4-11(8-13)15(10)12-5-2-6-14-9-12/h2,5-6,9-11H,1,3-4,7-8H2. The van der Waals surface area contributed by atoms with Crippen molar-refractivity contribution in [3.8, 4) is 0 Å². The third-order valence-corrected chi connectivity index (χ3v) is 3.73. The molecule has 3 heterocycles. The topological polar surface area (TPSA) is 33.2 Å². The zero-order chi connectivity index (χ0) is 11.0. The normalized spacial score (nSPS) is 29.2. The average Bonchev–Trinajstić information content (AvgIpc) is 2.29. The van der Waals surface area contributed by atoms with Crippen LogP contribution in [0.1, 0.15) is 32.1 Å². The molecule has 2 unspecified atom stereocenters. The molecule has 3 nitrogen and oxygen atoms in total. The summed E-state index contributed by atoms with van der Waals surface area (Å²) in [4.78, 5) is 18.2. The van der Waals surface area contributed by atoms with Gasteiger partial charge < -0.3 is 4.90 Å². The van der Waals surface area contributed by atoms with Gasteiger partial charge in [-0.1, -0.05) is 0 Å². The molecule has 2 aliphatic rings. The van der Waals surface area contributed by atoms with Crippen LogP contribution in [-0.4, -0.2) is 22.9 Å². The zero-order valence-electron chi connectivity index (χ0n) is 9.30. The van der Waals surface area contributed by atoms with E-state index < -0.39 is 0 Å². The predicted octanol–water partition coefficient (Wildman–Crippen LogP) is 2.17. The third-order valence-electron chi connectivity index (χ3n) is 3.73. The molecule has 2 atom stereocenters. The number of pyridine rings is 1. The molecule has 84 valence electrons. The molecule has 0 radical (unpaired) electrons. The lowest BCUT2D eigenvalue weighted by Gasteiger charge is -2.46. The number of anilines is 1. The van der Waals surface area contributed by atoms with Crippen molar-refractivity contribution in [2.24, 2.45) is 0 Å². The third kappa shape index (κ3) is 1.60. The molecule has 2 fully saturated rings. The van der Waals surface area contributed by atoms with E-state index in [4.69, 9.17) is 0 Å². The first-order chi connectivity index (χ1) is 7.84. The number of hydrogen-bond acceptors (Lipinski definition) is 3. The molecular weight excluding hydrogens is 200 g/mol. The molecule has 2 aliphatic heterocycles. The van der Waals surface area contributed by atoms with Gasteiger partial charge in [-0.25, -0.2) is 0 Å². The van der Waals surface area contributed by atoms with E-state index in [9.17, 15) is 4.79 Å². The van der Waals surface area contributed by atoms with Gasteiger partial charge in [-0.05, 0) is 31.4 Å². The Morgan fingerprint density at radius 2 is 2.00 bits per heavy atom. The summed E-state index contributed by atoms with van der Waals surface area (Å²) in [5.41, 5.74) is 1.18. The van der Waals surface area contributed by atoms with Crippen molar-refractivity contribution in [3.63, 3.8) is 0 Å². The van der Waals surface area contributed by atoms with E-state index in [0.29, 0.717) is 17.9 Å². The van der Waals surface area contributed by atoms with E-state index in [1.54, 1.807) is 6.20 Å². The number of aromatic nitrogens is 1. The van der Waals surface area contributed by atoms with Crippen LogP contribution in [0.15, 0.2) is 24.5 Å². The molecule has 0 spiro atoms. The number of hydrogen-bond donors (Lipinski definition) is 0. The van der Waals surface area contributed by atoms with Crippen molar-refractivity contribution in [3.05, 3.63) is 24.5 Å². The molecular formula is C13H16N2O. The molecule has 0 aromatic carbocycles. The van der Waals surface area contributed by atoms with Crippen molar-refractivity contribution < 1.29 is 4.79 Å². The molecule has 1 aromatic heterocycles. The number of carbonyl (C=O) groups is 1. The van der Waals surface area contributed by atoms with Crippen LogP contribution in [0.5, 0.6) is 0 Å². The predicted molar refractivity (Wildman–Crippen MR) is 62.4 cm³/mol. The van der Waals surface area contributed by atoms with Crippen molar-refractivity contribution >= 4 is 11.5 Å². The fourth-order valence-corrected chi connectivity index (χ4v) is 3.10. The summed E-state index contributed by atoms with van der Waals surface area (Å²) in [7, 11) is 0. The smallest absolute Gasteiger partial charge is 0.137 e. The van der Waals surface area contributed by atoms with Crippen LogP contribution < -0.4 is 4.90 Å². The summed E-state index contributed by atoms with van der Waals surface area (Å²) < 4.78 is 0. The van der Waals surface area contributed by atoms with Crippen LogP contribution in [0.4, 0.5) is 5.69 Å². The van der Waals surface area contributed by atoms with E-state index in [-0.39, 0.29) is 0 Å². The van der Waals surface area contributed by atoms with Gasteiger partial charge in [0.2, 0.25) is 0 Å². The highest BCUT2D eigenvalue weighted by molar-refractivity contribution is 5.82. The summed E-state index contributed by atoms with van der Waals surface area (Å²) in [6.07, 6.45) is 8.74. The van der Waals surface area contributed by atoms with Crippen LogP contribution >= 0.6 is 0 Å². The number of nitrogens with zero attached hydrogens (tertiary/aromatic N) is 2. The van der Waals surface area contributed by atoms with Crippen molar-refractivity contribution in [2.45, 2.75) is 44.2 Å². The van der Waals surface area contributed by atoms with Gasteiger partial charge in [0.05, 0.1) is 11.9 Å². The Labute approximate surface area is 95.5 Å². The Balaban J connectivity index is 1.92. The van der Waals surface area contributed by atoms with Crippen LogP contribution in [0.25, 0.3) is 0 Å². The lowest BCUT2D eigenvalue weighted by Crippen LogP contribution is -2.52. The molecule has 0 N–H and O–H groups in total. The number of carbonyl (C=O) groups excluding carboxylic acids is 1. The van der Waals surface area contributed by atoms with Crippen LogP contribution in [0.2, 0.25) is 0 Å². The zero-order valence-corrected chi connectivity index (χ0v) is 9.30. The number of ketones is 1. The number of piperidine rings is 2. The van der Waals surface area contributed by atoms with Gasteiger partial charge in [-0.2, -0.15) is 0 Å². The van der Waals surface area contributed by atoms with Crippen molar-refractivity contribution in [2.75, 3.05) is 4.90 Å². The van der Waals surface area contributed by atoms with E-state index in [2.05, 4.69) is 16.0 Å². The minimum Gasteiger partial charge on any atom is -0.363 e. The molecule has 3 heteroatoms. The molecule has 2 saturated heterocycles. The van der Waals surface area contributed by atoms with E-state index in [1.807, 2.05) is 12.3 Å². The second-order valence-corrected chi connectivity index (χ2v) is 4.80. The van der Waals surface area contributed by atoms with Gasteiger partial charge in [0.15, 0.2) is 0 Å². The maximum Gasteiger partial charge on any atom is 0.137 e. The SMILES string of the molecule is O=C1CC2CCCC(C1)N2c1cccnc1. The fraction of sp³-hybridized carbons (Fsp3) is 0.538. The second-order valence-electron chi connectivity index (χ2n) is 4.80. The lowest BCUT2D eigenvalue weighted by atomic mass is 9.83. The molecule has 2 bridgehead atoms. The molecule has 0 amide bonds.